The number of amides is 2. The highest BCUT2D eigenvalue weighted by atomic mass is 16.2. The molecule has 0 unspecified atom stereocenters. The molecule has 2 fully saturated rings. The lowest BCUT2D eigenvalue weighted by molar-refractivity contribution is -0.133. The predicted molar refractivity (Wildman–Crippen MR) is 171 cm³/mol. The number of nitrogens with zero attached hydrogens (tertiary/aromatic N) is 8. The van der Waals surface area contributed by atoms with Crippen LogP contribution in [0, 0.1) is 5.92 Å². The van der Waals surface area contributed by atoms with Gasteiger partial charge < -0.3 is 16.0 Å². The quantitative estimate of drug-likeness (QED) is 0.293. The Morgan fingerprint density at radius 1 is 0.978 bits per heavy atom. The normalized spacial score (nSPS) is 16.8. The summed E-state index contributed by atoms with van der Waals surface area (Å²) in [5, 5.41) is 15.5. The van der Waals surface area contributed by atoms with Crippen molar-refractivity contribution in [3.8, 4) is 16.9 Å². The van der Waals surface area contributed by atoms with E-state index in [4.69, 9.17) is 5.73 Å². The number of anilines is 2. The van der Waals surface area contributed by atoms with Crippen LogP contribution in [0.5, 0.6) is 0 Å². The maximum Gasteiger partial charge on any atom is 0.286 e. The molecule has 2 aliphatic heterocycles. The highest BCUT2D eigenvalue weighted by Gasteiger charge is 2.36. The standard InChI is InChI=1S/C33H34N10O3/c34-30-29-24(18-26(42(29)37-19-35-30)21-12-16-40(17-13-21)32(45)22-6-7-22)20-8-10-23(11-9-20)38-31(44)28-25-4-1-2-15-41(25)43(33(28)46)27-5-3-14-36-39-27/h3,5,8-11,14,18-19,21-22H,1-2,4,6-7,12-13,15-17H2,(H,38,44)(H2,34,35,37). The van der Waals surface area contributed by atoms with Crippen LogP contribution in [0.15, 0.2) is 59.8 Å². The number of nitrogens with two attached hydrogens (primary N) is 1. The number of aromatic nitrogens is 7. The largest absolute Gasteiger partial charge is 0.382 e. The first kappa shape index (κ1) is 28.2. The molecule has 8 rings (SSSR count). The summed E-state index contributed by atoms with van der Waals surface area (Å²) < 4.78 is 5.19. The van der Waals surface area contributed by atoms with Gasteiger partial charge in [-0.25, -0.2) is 9.50 Å². The Balaban J connectivity index is 1.06. The molecule has 13 heteroatoms. The van der Waals surface area contributed by atoms with Crippen LogP contribution >= 0.6 is 0 Å². The molecule has 0 bridgehead atoms. The number of piperidine rings is 1. The Morgan fingerprint density at radius 3 is 2.52 bits per heavy atom. The lowest BCUT2D eigenvalue weighted by Crippen LogP contribution is -2.39. The van der Waals surface area contributed by atoms with E-state index in [9.17, 15) is 14.4 Å². The number of benzene rings is 1. The Kier molecular flexibility index (Phi) is 6.88. The van der Waals surface area contributed by atoms with Gasteiger partial charge in [-0.3, -0.25) is 19.1 Å². The molecule has 13 nitrogen and oxygen atoms in total. The number of fused-ring (bicyclic) bond motifs is 2. The fourth-order valence-corrected chi connectivity index (χ4v) is 7.01. The first-order chi connectivity index (χ1) is 22.5. The van der Waals surface area contributed by atoms with E-state index >= 15 is 0 Å². The van der Waals surface area contributed by atoms with E-state index in [0.29, 0.717) is 41.9 Å². The lowest BCUT2D eigenvalue weighted by Gasteiger charge is -2.32. The Hall–Kier alpha value is -5.33. The first-order valence-corrected chi connectivity index (χ1v) is 15.9. The van der Waals surface area contributed by atoms with Crippen LogP contribution in [0.3, 0.4) is 0 Å². The lowest BCUT2D eigenvalue weighted by atomic mass is 9.92. The fraction of sp³-hybridized carbons (Fsp3) is 0.364. The molecule has 5 aromatic rings. The van der Waals surface area contributed by atoms with E-state index in [1.807, 2.05) is 38.4 Å². The molecule has 46 heavy (non-hydrogen) atoms. The zero-order valence-corrected chi connectivity index (χ0v) is 25.3. The van der Waals surface area contributed by atoms with Crippen molar-refractivity contribution >= 4 is 28.8 Å². The van der Waals surface area contributed by atoms with Crippen LogP contribution in [0.4, 0.5) is 11.5 Å². The molecule has 3 aliphatic rings. The van der Waals surface area contributed by atoms with Crippen molar-refractivity contribution in [2.75, 3.05) is 24.1 Å². The molecule has 1 aliphatic carbocycles. The zero-order valence-electron chi connectivity index (χ0n) is 25.3. The van der Waals surface area contributed by atoms with E-state index in [0.717, 1.165) is 74.0 Å². The molecule has 0 spiro atoms. The minimum atomic E-state index is -0.452. The second-order valence-corrected chi connectivity index (χ2v) is 12.4. The van der Waals surface area contributed by atoms with Crippen molar-refractivity contribution in [3.05, 3.63) is 82.3 Å². The molecular weight excluding hydrogens is 584 g/mol. The summed E-state index contributed by atoms with van der Waals surface area (Å²) in [6.07, 6.45) is 9.22. The van der Waals surface area contributed by atoms with Crippen LogP contribution in [0.1, 0.15) is 66.2 Å². The monoisotopic (exact) mass is 618 g/mol. The van der Waals surface area contributed by atoms with Gasteiger partial charge in [0.2, 0.25) is 5.91 Å². The maximum absolute atomic E-state index is 13.6. The number of hydrogen-bond acceptors (Lipinski definition) is 8. The zero-order chi connectivity index (χ0) is 31.4. The fourth-order valence-electron chi connectivity index (χ4n) is 7.01. The second-order valence-electron chi connectivity index (χ2n) is 12.4. The van der Waals surface area contributed by atoms with Gasteiger partial charge in [0.1, 0.15) is 17.4 Å². The van der Waals surface area contributed by atoms with E-state index in [2.05, 4.69) is 31.7 Å². The van der Waals surface area contributed by atoms with Crippen LogP contribution in [-0.4, -0.2) is 64.0 Å². The molecule has 1 saturated carbocycles. The average molecular weight is 619 g/mol. The highest BCUT2D eigenvalue weighted by Crippen LogP contribution is 2.38. The number of nitrogen functional groups attached to an aromatic ring is 1. The molecular formula is C33H34N10O3. The molecule has 3 N–H and O–H groups in total. The summed E-state index contributed by atoms with van der Waals surface area (Å²) in [6.45, 7) is 2.11. The van der Waals surface area contributed by atoms with Crippen molar-refractivity contribution in [1.29, 1.82) is 0 Å². The summed E-state index contributed by atoms with van der Waals surface area (Å²) >= 11 is 0. The summed E-state index contributed by atoms with van der Waals surface area (Å²) in [6, 6.07) is 13.0. The Labute approximate surface area is 264 Å². The Morgan fingerprint density at radius 2 is 1.78 bits per heavy atom. The van der Waals surface area contributed by atoms with Gasteiger partial charge in [-0.05, 0) is 80.8 Å². The van der Waals surface area contributed by atoms with Crippen LogP contribution in [0.25, 0.3) is 22.5 Å². The van der Waals surface area contributed by atoms with Crippen molar-refractivity contribution in [1.82, 2.24) is 39.1 Å². The third-order valence-corrected chi connectivity index (χ3v) is 9.50. The molecule has 0 atom stereocenters. The molecule has 2 amide bonds. The molecule has 6 heterocycles. The summed E-state index contributed by atoms with van der Waals surface area (Å²) in [5.74, 6) is 1.08. The van der Waals surface area contributed by atoms with Crippen LogP contribution in [0.2, 0.25) is 0 Å². The Bertz CT molecular complexity index is 2020. The number of carbonyl (C=O) groups excluding carboxylic acids is 2. The van der Waals surface area contributed by atoms with Gasteiger partial charge in [0.15, 0.2) is 11.6 Å². The van der Waals surface area contributed by atoms with Gasteiger partial charge in [0.25, 0.3) is 11.5 Å². The molecule has 4 aromatic heterocycles. The van der Waals surface area contributed by atoms with Gasteiger partial charge >= 0.3 is 0 Å². The number of hydrogen-bond donors (Lipinski definition) is 2. The van der Waals surface area contributed by atoms with Crippen LogP contribution < -0.4 is 16.6 Å². The van der Waals surface area contributed by atoms with E-state index in [1.165, 1.54) is 11.0 Å². The molecule has 234 valence electrons. The van der Waals surface area contributed by atoms with E-state index < -0.39 is 11.5 Å². The van der Waals surface area contributed by atoms with Crippen molar-refractivity contribution in [2.45, 2.75) is 57.4 Å². The third kappa shape index (κ3) is 4.82. The van der Waals surface area contributed by atoms with E-state index in [1.54, 1.807) is 18.3 Å². The molecule has 1 saturated heterocycles. The molecule has 1 aromatic carbocycles. The van der Waals surface area contributed by atoms with Gasteiger partial charge in [-0.1, -0.05) is 12.1 Å². The van der Waals surface area contributed by atoms with Crippen molar-refractivity contribution in [3.63, 3.8) is 0 Å². The predicted octanol–water partition coefficient (Wildman–Crippen LogP) is 3.43. The van der Waals surface area contributed by atoms with Crippen molar-refractivity contribution in [2.24, 2.45) is 5.92 Å². The third-order valence-electron chi connectivity index (χ3n) is 9.50. The SMILES string of the molecule is Nc1ncnn2c(C3CCN(C(=O)C4CC4)CC3)cc(-c3ccc(NC(=O)c4c5n(n(-c6cccnn6)c4=O)CCCC5)cc3)c12. The van der Waals surface area contributed by atoms with Gasteiger partial charge in [-0.15, -0.1) is 5.10 Å². The van der Waals surface area contributed by atoms with Crippen molar-refractivity contribution < 1.29 is 9.59 Å². The van der Waals surface area contributed by atoms with Gasteiger partial charge in [0, 0.05) is 54.6 Å². The highest BCUT2D eigenvalue weighted by molar-refractivity contribution is 6.05. The summed E-state index contributed by atoms with van der Waals surface area (Å²) in [4.78, 5) is 46.0. The second kappa shape index (κ2) is 11.2. The summed E-state index contributed by atoms with van der Waals surface area (Å²) in [7, 11) is 0. The van der Waals surface area contributed by atoms with Gasteiger partial charge in [-0.2, -0.15) is 14.9 Å². The van der Waals surface area contributed by atoms with Crippen LogP contribution in [-0.2, 0) is 17.8 Å². The minimum absolute atomic E-state index is 0.132. The smallest absolute Gasteiger partial charge is 0.286 e. The summed E-state index contributed by atoms with van der Waals surface area (Å²) in [5.41, 5.74) is 11.0. The maximum atomic E-state index is 13.6. The minimum Gasteiger partial charge on any atom is -0.382 e. The number of carbonyl (C=O) groups is 2. The number of likely N-dealkylation sites (tertiary alicyclic amines) is 1. The topological polar surface area (TPSA) is 158 Å². The number of nitrogens with one attached hydrogen (secondary N) is 1. The first-order valence-electron chi connectivity index (χ1n) is 15.9. The van der Waals surface area contributed by atoms with E-state index in [-0.39, 0.29) is 17.4 Å². The molecule has 0 radical (unpaired) electrons. The van der Waals surface area contributed by atoms with Gasteiger partial charge in [0.05, 0.1) is 5.69 Å². The number of rotatable bonds is 6. The average Bonchev–Trinajstić information content (AvgIpc) is 3.79.